The van der Waals surface area contributed by atoms with E-state index in [9.17, 15) is 18.4 Å². The fourth-order valence-corrected chi connectivity index (χ4v) is 3.73. The van der Waals surface area contributed by atoms with Crippen molar-refractivity contribution in [2.45, 2.75) is 12.1 Å². The predicted octanol–water partition coefficient (Wildman–Crippen LogP) is 3.77. The summed E-state index contributed by atoms with van der Waals surface area (Å²) in [6.07, 6.45) is 0. The lowest BCUT2D eigenvalue weighted by Gasteiger charge is -2.34. The number of nitrogens with zero attached hydrogens (tertiary/aromatic N) is 1. The van der Waals surface area contributed by atoms with Gasteiger partial charge in [-0.2, -0.15) is 0 Å². The van der Waals surface area contributed by atoms with Gasteiger partial charge in [-0.1, -0.05) is 48.5 Å². The summed E-state index contributed by atoms with van der Waals surface area (Å²) in [5.74, 6) is -3.08. The van der Waals surface area contributed by atoms with Crippen LogP contribution < -0.4 is 10.5 Å². The van der Waals surface area contributed by atoms with Crippen LogP contribution in [0.4, 0.5) is 8.78 Å². The molecule has 0 fully saturated rings. The van der Waals surface area contributed by atoms with E-state index >= 15 is 0 Å². The van der Waals surface area contributed by atoms with Gasteiger partial charge in [0.25, 0.3) is 5.91 Å². The minimum atomic E-state index is -1.16. The van der Waals surface area contributed by atoms with Gasteiger partial charge in [0.1, 0.15) is 18.5 Å². The number of amides is 2. The Morgan fingerprint density at radius 2 is 1.63 bits per heavy atom. The van der Waals surface area contributed by atoms with Crippen molar-refractivity contribution >= 4 is 11.8 Å². The van der Waals surface area contributed by atoms with Crippen LogP contribution >= 0.6 is 0 Å². The highest BCUT2D eigenvalue weighted by atomic mass is 19.1. The Kier molecular flexibility index (Phi) is 5.18. The van der Waals surface area contributed by atoms with Gasteiger partial charge in [0.2, 0.25) is 5.91 Å². The van der Waals surface area contributed by atoms with Crippen LogP contribution in [0.15, 0.2) is 72.8 Å². The second-order valence-corrected chi connectivity index (χ2v) is 6.93. The number of nitrogens with two attached hydrogens (primary N) is 1. The van der Waals surface area contributed by atoms with Crippen LogP contribution in [0.25, 0.3) is 0 Å². The average Bonchev–Trinajstić information content (AvgIpc) is 3.16. The van der Waals surface area contributed by atoms with Gasteiger partial charge in [-0.25, -0.2) is 8.78 Å². The minimum absolute atomic E-state index is 0.134. The molecule has 0 spiro atoms. The van der Waals surface area contributed by atoms with Gasteiger partial charge in [0, 0.05) is 17.2 Å². The fourth-order valence-electron chi connectivity index (χ4n) is 3.73. The van der Waals surface area contributed by atoms with E-state index in [1.807, 2.05) is 0 Å². The average molecular weight is 408 g/mol. The molecule has 0 aliphatic carbocycles. The summed E-state index contributed by atoms with van der Waals surface area (Å²) in [5, 5.41) is 0. The fraction of sp³-hybridized carbons (Fsp3) is 0.130. The molecular weight excluding hydrogens is 390 g/mol. The second-order valence-electron chi connectivity index (χ2n) is 6.93. The molecule has 30 heavy (non-hydrogen) atoms. The molecule has 2 atom stereocenters. The molecule has 2 N–H and O–H groups in total. The maximum atomic E-state index is 14.2. The van der Waals surface area contributed by atoms with E-state index in [1.165, 1.54) is 4.90 Å². The highest BCUT2D eigenvalue weighted by Gasteiger charge is 2.41. The number of ether oxygens (including phenoxy) is 1. The number of carbonyl (C=O) groups excluding carboxylic acids is 2. The lowest BCUT2D eigenvalue weighted by atomic mass is 9.98. The molecule has 152 valence electrons. The second kappa shape index (κ2) is 7.94. The number of hydrogen-bond acceptors (Lipinski definition) is 3. The van der Waals surface area contributed by atoms with Crippen LogP contribution in [0.5, 0.6) is 5.75 Å². The predicted molar refractivity (Wildman–Crippen MR) is 106 cm³/mol. The van der Waals surface area contributed by atoms with Crippen molar-refractivity contribution in [2.24, 2.45) is 5.73 Å². The molecule has 1 unspecified atom stereocenters. The summed E-state index contributed by atoms with van der Waals surface area (Å²) in [6, 6.07) is 16.6. The molecule has 3 aromatic rings. The van der Waals surface area contributed by atoms with Gasteiger partial charge in [0.05, 0.1) is 6.04 Å². The lowest BCUT2D eigenvalue weighted by molar-refractivity contribution is -0.123. The molecule has 7 heteroatoms. The van der Waals surface area contributed by atoms with Crippen molar-refractivity contribution in [3.05, 3.63) is 101 Å². The molecule has 1 aliphatic heterocycles. The Bertz CT molecular complexity index is 1090. The topological polar surface area (TPSA) is 72.6 Å². The zero-order valence-corrected chi connectivity index (χ0v) is 15.8. The van der Waals surface area contributed by atoms with Crippen molar-refractivity contribution in [1.82, 2.24) is 4.90 Å². The Balaban J connectivity index is 1.88. The number of benzene rings is 3. The normalized spacial score (nSPS) is 15.7. The first-order valence-corrected chi connectivity index (χ1v) is 9.31. The third-order valence-electron chi connectivity index (χ3n) is 5.04. The van der Waals surface area contributed by atoms with E-state index in [1.54, 1.807) is 60.7 Å². The molecule has 0 bridgehead atoms. The summed E-state index contributed by atoms with van der Waals surface area (Å²) in [6.45, 7) is -0.134. The van der Waals surface area contributed by atoms with Crippen molar-refractivity contribution in [2.75, 3.05) is 6.61 Å². The van der Waals surface area contributed by atoms with Gasteiger partial charge in [0.15, 0.2) is 11.6 Å². The molecule has 1 aliphatic rings. The summed E-state index contributed by atoms with van der Waals surface area (Å²) >= 11 is 0. The minimum Gasteiger partial charge on any atom is -0.488 e. The Hall–Kier alpha value is -3.74. The lowest BCUT2D eigenvalue weighted by Crippen LogP contribution is -2.44. The van der Waals surface area contributed by atoms with Crippen LogP contribution in [-0.2, 0) is 4.79 Å². The number of rotatable bonds is 5. The van der Waals surface area contributed by atoms with Crippen LogP contribution in [0.2, 0.25) is 0 Å². The zero-order valence-electron chi connectivity index (χ0n) is 15.8. The molecule has 4 rings (SSSR count). The summed E-state index contributed by atoms with van der Waals surface area (Å²) < 4.78 is 33.7. The highest BCUT2D eigenvalue weighted by molar-refractivity contribution is 5.98. The van der Waals surface area contributed by atoms with Crippen molar-refractivity contribution < 1.29 is 23.1 Å². The number of halogens is 2. The maximum Gasteiger partial charge on any atom is 0.255 e. The monoisotopic (exact) mass is 408 g/mol. The molecule has 0 aromatic heterocycles. The molecule has 1 heterocycles. The Morgan fingerprint density at radius 1 is 1.00 bits per heavy atom. The molecule has 0 saturated carbocycles. The highest BCUT2D eigenvalue weighted by Crippen LogP contribution is 2.42. The summed E-state index contributed by atoms with van der Waals surface area (Å²) in [7, 11) is 0. The quantitative estimate of drug-likeness (QED) is 0.699. The molecular formula is C23H18F2N2O3. The van der Waals surface area contributed by atoms with Crippen LogP contribution in [-0.4, -0.2) is 23.3 Å². The molecule has 0 saturated heterocycles. The van der Waals surface area contributed by atoms with E-state index in [-0.39, 0.29) is 17.9 Å². The zero-order chi connectivity index (χ0) is 21.3. The number of fused-ring (bicyclic) bond motifs is 1. The van der Waals surface area contributed by atoms with E-state index in [2.05, 4.69) is 0 Å². The van der Waals surface area contributed by atoms with E-state index in [0.717, 1.165) is 6.07 Å². The van der Waals surface area contributed by atoms with Crippen molar-refractivity contribution in [3.8, 4) is 5.75 Å². The molecule has 3 aromatic carbocycles. The third kappa shape index (κ3) is 3.50. The smallest absolute Gasteiger partial charge is 0.255 e. The van der Waals surface area contributed by atoms with Gasteiger partial charge in [-0.15, -0.1) is 0 Å². The van der Waals surface area contributed by atoms with Gasteiger partial charge >= 0.3 is 0 Å². The Labute approximate surface area is 171 Å². The SMILES string of the molecule is NC(=O)C(c1ccccc1)N(C(=O)c1ccccc1)[C@@H]1COc2c(F)cc(F)cc21. The first-order chi connectivity index (χ1) is 14.5. The van der Waals surface area contributed by atoms with Crippen molar-refractivity contribution in [1.29, 1.82) is 0 Å². The first-order valence-electron chi connectivity index (χ1n) is 9.31. The van der Waals surface area contributed by atoms with E-state index in [0.29, 0.717) is 17.2 Å². The molecule has 2 amide bonds. The number of carbonyl (C=O) groups is 2. The van der Waals surface area contributed by atoms with E-state index < -0.39 is 35.5 Å². The summed E-state index contributed by atoms with van der Waals surface area (Å²) in [4.78, 5) is 27.3. The standard InChI is InChI=1S/C23H18F2N2O3/c24-16-11-17-19(13-30-21(17)18(25)12-16)27(23(29)15-9-5-2-6-10-15)20(22(26)28)14-7-3-1-4-8-14/h1-12,19-20H,13H2,(H2,26,28)/t19-,20?/m1/s1. The molecule has 0 radical (unpaired) electrons. The maximum absolute atomic E-state index is 14.2. The summed E-state index contributed by atoms with van der Waals surface area (Å²) in [5.41, 5.74) is 6.66. The van der Waals surface area contributed by atoms with Gasteiger partial charge in [-0.3, -0.25) is 9.59 Å². The largest absolute Gasteiger partial charge is 0.488 e. The van der Waals surface area contributed by atoms with Crippen LogP contribution in [0.3, 0.4) is 0 Å². The van der Waals surface area contributed by atoms with E-state index in [4.69, 9.17) is 10.5 Å². The number of hydrogen-bond donors (Lipinski definition) is 1. The van der Waals surface area contributed by atoms with Crippen molar-refractivity contribution in [3.63, 3.8) is 0 Å². The first kappa shape index (κ1) is 19.6. The molecule has 5 nitrogen and oxygen atoms in total. The number of primary amides is 1. The third-order valence-corrected chi connectivity index (χ3v) is 5.04. The Morgan fingerprint density at radius 3 is 2.27 bits per heavy atom. The van der Waals surface area contributed by atoms with Crippen LogP contribution in [0, 0.1) is 11.6 Å². The van der Waals surface area contributed by atoms with Gasteiger partial charge in [-0.05, 0) is 23.8 Å². The van der Waals surface area contributed by atoms with Gasteiger partial charge < -0.3 is 15.4 Å². The van der Waals surface area contributed by atoms with Crippen LogP contribution in [0.1, 0.15) is 33.6 Å².